The van der Waals surface area contributed by atoms with Gasteiger partial charge in [-0.1, -0.05) is 50.6 Å². The lowest BCUT2D eigenvalue weighted by Crippen LogP contribution is -2.46. The number of hydrogen-bond donors (Lipinski definition) is 1. The molecule has 0 saturated heterocycles. The Hall–Kier alpha value is -0.570. The second kappa shape index (κ2) is 8.17. The lowest BCUT2D eigenvalue weighted by atomic mass is 9.84. The summed E-state index contributed by atoms with van der Waals surface area (Å²) >= 11 is 6.33. The highest BCUT2D eigenvalue weighted by atomic mass is 35.5. The summed E-state index contributed by atoms with van der Waals surface area (Å²) in [5.41, 5.74) is 1.41. The molecule has 2 unspecified atom stereocenters. The predicted octanol–water partition coefficient (Wildman–Crippen LogP) is 4.75. The molecule has 0 spiro atoms. The third kappa shape index (κ3) is 5.28. The Labute approximate surface area is 135 Å². The molecule has 2 atom stereocenters. The lowest BCUT2D eigenvalue weighted by molar-refractivity contribution is 0.136. The van der Waals surface area contributed by atoms with Crippen molar-refractivity contribution in [2.24, 2.45) is 5.41 Å². The molecule has 120 valence electrons. The molecule has 0 aliphatic rings. The second-order valence-corrected chi connectivity index (χ2v) is 7.18. The van der Waals surface area contributed by atoms with Crippen LogP contribution in [0.3, 0.4) is 0 Å². The van der Waals surface area contributed by atoms with E-state index in [1.165, 1.54) is 12.0 Å². The van der Waals surface area contributed by atoms with Crippen molar-refractivity contribution in [1.29, 1.82) is 0 Å². The highest BCUT2D eigenvalue weighted by Gasteiger charge is 2.28. The van der Waals surface area contributed by atoms with Crippen LogP contribution in [0.25, 0.3) is 0 Å². The molecule has 0 radical (unpaired) electrons. The van der Waals surface area contributed by atoms with E-state index >= 15 is 0 Å². The van der Waals surface area contributed by atoms with Crippen LogP contribution in [0.1, 0.15) is 52.6 Å². The summed E-state index contributed by atoms with van der Waals surface area (Å²) < 4.78 is 0. The van der Waals surface area contributed by atoms with Gasteiger partial charge in [-0.15, -0.1) is 0 Å². The van der Waals surface area contributed by atoms with Crippen molar-refractivity contribution in [3.63, 3.8) is 0 Å². The number of hydrogen-bond acceptors (Lipinski definition) is 2. The maximum atomic E-state index is 6.33. The van der Waals surface area contributed by atoms with Gasteiger partial charge in [0.05, 0.1) is 0 Å². The molecule has 0 bridgehead atoms. The Kier molecular flexibility index (Phi) is 7.19. The Morgan fingerprint density at radius 1 is 1.24 bits per heavy atom. The van der Waals surface area contributed by atoms with Gasteiger partial charge in [0.25, 0.3) is 0 Å². The molecule has 1 rings (SSSR count). The average Bonchev–Trinajstić information content (AvgIpc) is 2.43. The maximum absolute atomic E-state index is 6.33. The van der Waals surface area contributed by atoms with Crippen LogP contribution < -0.4 is 5.32 Å². The third-order valence-electron chi connectivity index (χ3n) is 4.55. The zero-order chi connectivity index (χ0) is 16.0. The van der Waals surface area contributed by atoms with Gasteiger partial charge in [0, 0.05) is 23.7 Å². The molecule has 1 aromatic carbocycles. The fraction of sp³-hybridized carbons (Fsp3) is 0.667. The molecule has 0 aliphatic carbocycles. The van der Waals surface area contributed by atoms with Crippen LogP contribution in [0, 0.1) is 5.41 Å². The minimum Gasteiger partial charge on any atom is -0.314 e. The van der Waals surface area contributed by atoms with Gasteiger partial charge in [0.15, 0.2) is 0 Å². The van der Waals surface area contributed by atoms with E-state index in [9.17, 15) is 0 Å². The van der Waals surface area contributed by atoms with Crippen molar-refractivity contribution in [3.05, 3.63) is 34.9 Å². The van der Waals surface area contributed by atoms with Crippen LogP contribution in [0.4, 0.5) is 0 Å². The smallest absolute Gasteiger partial charge is 0.0453 e. The molecule has 0 saturated carbocycles. The van der Waals surface area contributed by atoms with Crippen molar-refractivity contribution >= 4 is 11.6 Å². The summed E-state index contributed by atoms with van der Waals surface area (Å²) in [7, 11) is 2.18. The molecule has 3 heteroatoms. The Morgan fingerprint density at radius 3 is 2.43 bits per heavy atom. The first kappa shape index (κ1) is 18.5. The highest BCUT2D eigenvalue weighted by Crippen LogP contribution is 2.30. The molecule has 0 aliphatic heterocycles. The Morgan fingerprint density at radius 2 is 1.86 bits per heavy atom. The Bertz CT molecular complexity index is 431. The zero-order valence-corrected chi connectivity index (χ0v) is 15.2. The zero-order valence-electron chi connectivity index (χ0n) is 14.4. The third-order valence-corrected chi connectivity index (χ3v) is 4.89. The molecule has 0 amide bonds. The van der Waals surface area contributed by atoms with Gasteiger partial charge in [-0.2, -0.15) is 0 Å². The van der Waals surface area contributed by atoms with Crippen molar-refractivity contribution < 1.29 is 0 Å². The first-order valence-electron chi connectivity index (χ1n) is 7.97. The lowest BCUT2D eigenvalue weighted by Gasteiger charge is -2.38. The van der Waals surface area contributed by atoms with E-state index in [0.717, 1.165) is 18.1 Å². The fourth-order valence-electron chi connectivity index (χ4n) is 2.61. The van der Waals surface area contributed by atoms with Crippen LogP contribution >= 0.6 is 11.6 Å². The van der Waals surface area contributed by atoms with Crippen molar-refractivity contribution in [2.75, 3.05) is 20.1 Å². The van der Waals surface area contributed by atoms with Gasteiger partial charge in [-0.3, -0.25) is 4.90 Å². The van der Waals surface area contributed by atoms with Crippen LogP contribution in [-0.2, 0) is 0 Å². The van der Waals surface area contributed by atoms with Gasteiger partial charge in [0.1, 0.15) is 0 Å². The molecule has 2 nitrogen and oxygen atoms in total. The average molecular weight is 311 g/mol. The van der Waals surface area contributed by atoms with E-state index in [2.05, 4.69) is 64.0 Å². The monoisotopic (exact) mass is 310 g/mol. The molecular formula is C18H31ClN2. The van der Waals surface area contributed by atoms with E-state index in [4.69, 9.17) is 11.6 Å². The SMILES string of the molecule is CCCNC(C)C(C)(C)CN(C)C(C)c1ccccc1Cl. The van der Waals surface area contributed by atoms with E-state index < -0.39 is 0 Å². The first-order chi connectivity index (χ1) is 9.79. The molecule has 0 heterocycles. The first-order valence-corrected chi connectivity index (χ1v) is 8.35. The number of halogens is 1. The minimum atomic E-state index is 0.208. The van der Waals surface area contributed by atoms with E-state index in [1.807, 2.05) is 12.1 Å². The quantitative estimate of drug-likeness (QED) is 0.745. The number of rotatable bonds is 8. The number of nitrogens with zero attached hydrogens (tertiary/aromatic N) is 1. The molecule has 0 fully saturated rings. The van der Waals surface area contributed by atoms with Gasteiger partial charge >= 0.3 is 0 Å². The summed E-state index contributed by atoms with van der Waals surface area (Å²) in [4.78, 5) is 2.39. The Balaban J connectivity index is 2.71. The van der Waals surface area contributed by atoms with Gasteiger partial charge in [-0.05, 0) is 50.9 Å². The van der Waals surface area contributed by atoms with Crippen molar-refractivity contribution in [2.45, 2.75) is 53.1 Å². The minimum absolute atomic E-state index is 0.208. The molecular weight excluding hydrogens is 280 g/mol. The van der Waals surface area contributed by atoms with Crippen LogP contribution in [-0.4, -0.2) is 31.1 Å². The van der Waals surface area contributed by atoms with Crippen LogP contribution in [0.2, 0.25) is 5.02 Å². The van der Waals surface area contributed by atoms with E-state index in [1.54, 1.807) is 0 Å². The predicted molar refractivity (Wildman–Crippen MR) is 94.0 cm³/mol. The van der Waals surface area contributed by atoms with Gasteiger partial charge in [0.2, 0.25) is 0 Å². The van der Waals surface area contributed by atoms with E-state index in [0.29, 0.717) is 12.1 Å². The standard InChI is InChI=1S/C18H31ClN2/c1-7-12-20-15(3)18(4,5)13-21(6)14(2)16-10-8-9-11-17(16)19/h8-11,14-15,20H,7,12-13H2,1-6H3. The normalized spacial score (nSPS) is 15.2. The summed E-state index contributed by atoms with van der Waals surface area (Å²) in [6.07, 6.45) is 1.17. The van der Waals surface area contributed by atoms with Crippen LogP contribution in [0.5, 0.6) is 0 Å². The van der Waals surface area contributed by atoms with Crippen molar-refractivity contribution in [3.8, 4) is 0 Å². The van der Waals surface area contributed by atoms with E-state index in [-0.39, 0.29) is 5.41 Å². The highest BCUT2D eigenvalue weighted by molar-refractivity contribution is 6.31. The topological polar surface area (TPSA) is 15.3 Å². The number of nitrogens with one attached hydrogen (secondary N) is 1. The summed E-state index contributed by atoms with van der Waals surface area (Å²) in [5.74, 6) is 0. The van der Waals surface area contributed by atoms with Gasteiger partial charge < -0.3 is 5.32 Å². The molecule has 1 N–H and O–H groups in total. The molecule has 1 aromatic rings. The van der Waals surface area contributed by atoms with Gasteiger partial charge in [-0.25, -0.2) is 0 Å². The number of benzene rings is 1. The summed E-state index contributed by atoms with van der Waals surface area (Å²) in [5, 5.41) is 4.47. The summed E-state index contributed by atoms with van der Waals surface area (Å²) in [6.45, 7) is 13.5. The molecule has 21 heavy (non-hydrogen) atoms. The maximum Gasteiger partial charge on any atom is 0.0453 e. The molecule has 0 aromatic heterocycles. The fourth-order valence-corrected chi connectivity index (χ4v) is 2.90. The van der Waals surface area contributed by atoms with Crippen LogP contribution in [0.15, 0.2) is 24.3 Å². The second-order valence-electron chi connectivity index (χ2n) is 6.78. The summed E-state index contributed by atoms with van der Waals surface area (Å²) in [6, 6.07) is 8.93. The largest absolute Gasteiger partial charge is 0.314 e. The van der Waals surface area contributed by atoms with Crippen molar-refractivity contribution in [1.82, 2.24) is 10.2 Å².